The van der Waals surface area contributed by atoms with E-state index in [0.717, 1.165) is 5.56 Å². The predicted molar refractivity (Wildman–Crippen MR) is 90.7 cm³/mol. The number of nitro groups is 1. The second kappa shape index (κ2) is 6.98. The Morgan fingerprint density at radius 3 is 2.92 bits per heavy atom. The number of fused-ring (bicyclic) bond motifs is 1. The summed E-state index contributed by atoms with van der Waals surface area (Å²) >= 11 is 5.96. The van der Waals surface area contributed by atoms with Gasteiger partial charge in [0.1, 0.15) is 18.1 Å². The fraction of sp³-hybridized carbons (Fsp3) is 0.235. The molecular formula is C17H15ClN2O5. The molecule has 1 unspecified atom stereocenters. The molecule has 130 valence electrons. The molecule has 0 radical (unpaired) electrons. The molecule has 25 heavy (non-hydrogen) atoms. The van der Waals surface area contributed by atoms with Gasteiger partial charge in [0, 0.05) is 29.3 Å². The highest BCUT2D eigenvalue weighted by Gasteiger charge is 2.26. The minimum absolute atomic E-state index is 0.00868. The van der Waals surface area contributed by atoms with Crippen molar-refractivity contribution in [1.82, 2.24) is 5.32 Å². The van der Waals surface area contributed by atoms with Gasteiger partial charge in [-0.25, -0.2) is 0 Å². The van der Waals surface area contributed by atoms with Crippen LogP contribution >= 0.6 is 11.6 Å². The zero-order valence-corrected chi connectivity index (χ0v) is 13.8. The van der Waals surface area contributed by atoms with Crippen molar-refractivity contribution in [3.8, 4) is 11.5 Å². The summed E-state index contributed by atoms with van der Waals surface area (Å²) < 4.78 is 5.58. The Hall–Kier alpha value is -2.80. The number of nitrogens with one attached hydrogen (secondary N) is 1. The lowest BCUT2D eigenvalue weighted by atomic mass is 9.96. The highest BCUT2D eigenvalue weighted by atomic mass is 35.5. The average molecular weight is 363 g/mol. The van der Waals surface area contributed by atoms with E-state index in [2.05, 4.69) is 5.32 Å². The molecule has 7 nitrogen and oxygen atoms in total. The molecule has 0 spiro atoms. The van der Waals surface area contributed by atoms with Crippen LogP contribution in [0, 0.1) is 16.0 Å². The summed E-state index contributed by atoms with van der Waals surface area (Å²) in [5.74, 6) is -0.0453. The summed E-state index contributed by atoms with van der Waals surface area (Å²) in [7, 11) is 0. The summed E-state index contributed by atoms with van der Waals surface area (Å²) in [6, 6.07) is 8.95. The fourth-order valence-corrected chi connectivity index (χ4v) is 2.88. The van der Waals surface area contributed by atoms with Crippen molar-refractivity contribution in [2.45, 2.75) is 13.0 Å². The van der Waals surface area contributed by atoms with Crippen molar-refractivity contribution in [1.29, 1.82) is 0 Å². The Kier molecular flexibility index (Phi) is 4.76. The lowest BCUT2D eigenvalue weighted by Crippen LogP contribution is -2.37. The van der Waals surface area contributed by atoms with Crippen LogP contribution < -0.4 is 10.1 Å². The number of benzene rings is 2. The quantitative estimate of drug-likeness (QED) is 0.643. The van der Waals surface area contributed by atoms with Gasteiger partial charge in [0.05, 0.1) is 10.8 Å². The smallest absolute Gasteiger partial charge is 0.270 e. The third-order valence-electron chi connectivity index (χ3n) is 4.03. The molecule has 0 aliphatic carbocycles. The lowest BCUT2D eigenvalue weighted by molar-refractivity contribution is -0.384. The summed E-state index contributed by atoms with van der Waals surface area (Å²) in [6.45, 7) is 0.229. The molecule has 0 fully saturated rings. The van der Waals surface area contributed by atoms with E-state index >= 15 is 0 Å². The van der Waals surface area contributed by atoms with E-state index in [0.29, 0.717) is 17.2 Å². The maximum Gasteiger partial charge on any atom is 0.270 e. The van der Waals surface area contributed by atoms with Gasteiger partial charge in [-0.15, -0.1) is 0 Å². The standard InChI is InChI=1S/C17H15ClN2O5/c18-13-1-4-16-10(6-13)5-12(9-25-16)17(22)19-8-11-7-14(20(23)24)2-3-15(11)21/h1-4,6-7,12,21H,5,8-9H2,(H,19,22). The Balaban J connectivity index is 1.66. The molecule has 1 aliphatic heterocycles. The van der Waals surface area contributed by atoms with Crippen molar-refractivity contribution in [3.63, 3.8) is 0 Å². The number of hydrogen-bond acceptors (Lipinski definition) is 5. The number of carbonyl (C=O) groups is 1. The van der Waals surface area contributed by atoms with E-state index in [1.165, 1.54) is 18.2 Å². The van der Waals surface area contributed by atoms with Crippen LogP contribution in [0.25, 0.3) is 0 Å². The Morgan fingerprint density at radius 1 is 1.36 bits per heavy atom. The van der Waals surface area contributed by atoms with Gasteiger partial charge in [-0.2, -0.15) is 0 Å². The molecule has 8 heteroatoms. The van der Waals surface area contributed by atoms with E-state index in [1.807, 2.05) is 0 Å². The largest absolute Gasteiger partial charge is 0.508 e. The second-order valence-electron chi connectivity index (χ2n) is 5.75. The molecule has 0 aromatic heterocycles. The van der Waals surface area contributed by atoms with Crippen molar-refractivity contribution in [2.24, 2.45) is 5.92 Å². The Morgan fingerprint density at radius 2 is 2.16 bits per heavy atom. The number of carbonyl (C=O) groups excluding carboxylic acids is 1. The van der Waals surface area contributed by atoms with Gasteiger partial charge in [0.15, 0.2) is 0 Å². The minimum atomic E-state index is -0.555. The van der Waals surface area contributed by atoms with Crippen molar-refractivity contribution in [3.05, 3.63) is 62.7 Å². The number of phenolic OH excluding ortho intramolecular Hbond substituents is 1. The summed E-state index contributed by atoms with van der Waals surface area (Å²) in [5, 5.41) is 23.9. The first-order valence-corrected chi connectivity index (χ1v) is 7.97. The van der Waals surface area contributed by atoms with Gasteiger partial charge in [-0.05, 0) is 36.2 Å². The van der Waals surface area contributed by atoms with Gasteiger partial charge in [-0.1, -0.05) is 11.6 Å². The van der Waals surface area contributed by atoms with E-state index in [-0.39, 0.29) is 36.1 Å². The zero-order chi connectivity index (χ0) is 18.0. The third kappa shape index (κ3) is 3.83. The molecule has 1 heterocycles. The molecule has 0 bridgehead atoms. The number of nitrogens with zero attached hydrogens (tertiary/aromatic N) is 1. The highest BCUT2D eigenvalue weighted by molar-refractivity contribution is 6.30. The molecule has 2 aromatic carbocycles. The first-order chi connectivity index (χ1) is 11.9. The van der Waals surface area contributed by atoms with Crippen LogP contribution in [0.3, 0.4) is 0 Å². The van der Waals surface area contributed by atoms with E-state index in [9.17, 15) is 20.0 Å². The Labute approximate surface area is 148 Å². The second-order valence-corrected chi connectivity index (χ2v) is 6.19. The summed E-state index contributed by atoms with van der Waals surface area (Å²) in [5.41, 5.74) is 0.992. The van der Waals surface area contributed by atoms with E-state index < -0.39 is 10.8 Å². The Bertz CT molecular complexity index is 840. The molecule has 1 aliphatic rings. The molecular weight excluding hydrogens is 348 g/mol. The van der Waals surface area contributed by atoms with Crippen LogP contribution in [0.2, 0.25) is 5.02 Å². The number of ether oxygens (including phenoxy) is 1. The minimum Gasteiger partial charge on any atom is -0.508 e. The number of phenols is 1. The van der Waals surface area contributed by atoms with Crippen LogP contribution in [-0.4, -0.2) is 22.5 Å². The first-order valence-electron chi connectivity index (χ1n) is 7.59. The van der Waals surface area contributed by atoms with Crippen LogP contribution in [-0.2, 0) is 17.8 Å². The topological polar surface area (TPSA) is 102 Å². The maximum absolute atomic E-state index is 12.4. The molecule has 0 saturated carbocycles. The molecule has 1 atom stereocenters. The number of non-ortho nitro benzene ring substituents is 1. The van der Waals surface area contributed by atoms with Crippen molar-refractivity contribution < 1.29 is 19.6 Å². The lowest BCUT2D eigenvalue weighted by Gasteiger charge is -2.24. The average Bonchev–Trinajstić information content (AvgIpc) is 2.59. The summed E-state index contributed by atoms with van der Waals surface area (Å²) in [4.78, 5) is 22.6. The fourth-order valence-electron chi connectivity index (χ4n) is 2.69. The molecule has 2 aromatic rings. The molecule has 2 N–H and O–H groups in total. The highest BCUT2D eigenvalue weighted by Crippen LogP contribution is 2.30. The van der Waals surface area contributed by atoms with Crippen molar-refractivity contribution >= 4 is 23.2 Å². The van der Waals surface area contributed by atoms with E-state index in [4.69, 9.17) is 16.3 Å². The molecule has 1 amide bonds. The van der Waals surface area contributed by atoms with Crippen LogP contribution in [0.15, 0.2) is 36.4 Å². The number of halogens is 1. The molecule has 0 saturated heterocycles. The number of rotatable bonds is 4. The van der Waals surface area contributed by atoms with Gasteiger partial charge in [0.25, 0.3) is 5.69 Å². The third-order valence-corrected chi connectivity index (χ3v) is 4.26. The number of aromatic hydroxyl groups is 1. The molecule has 3 rings (SSSR count). The number of hydrogen-bond donors (Lipinski definition) is 2. The van der Waals surface area contributed by atoms with Gasteiger partial charge >= 0.3 is 0 Å². The number of amides is 1. The van der Waals surface area contributed by atoms with Crippen LogP contribution in [0.1, 0.15) is 11.1 Å². The monoisotopic (exact) mass is 362 g/mol. The zero-order valence-electron chi connectivity index (χ0n) is 13.1. The van der Waals surface area contributed by atoms with Crippen LogP contribution in [0.5, 0.6) is 11.5 Å². The number of nitro benzene ring substituents is 1. The normalized spacial score (nSPS) is 15.8. The predicted octanol–water partition coefficient (Wildman–Crippen LogP) is 2.82. The summed E-state index contributed by atoms with van der Waals surface area (Å²) in [6.07, 6.45) is 0.489. The SMILES string of the molecule is O=C(NCc1cc([N+](=O)[O-])ccc1O)C1COc2ccc(Cl)cc2C1. The van der Waals surface area contributed by atoms with Gasteiger partial charge in [-0.3, -0.25) is 14.9 Å². The van der Waals surface area contributed by atoms with Gasteiger partial charge in [0.2, 0.25) is 5.91 Å². The first kappa shape index (κ1) is 17.0. The van der Waals surface area contributed by atoms with Crippen molar-refractivity contribution in [2.75, 3.05) is 6.61 Å². The van der Waals surface area contributed by atoms with E-state index in [1.54, 1.807) is 18.2 Å². The van der Waals surface area contributed by atoms with Crippen LogP contribution in [0.4, 0.5) is 5.69 Å². The van der Waals surface area contributed by atoms with Gasteiger partial charge < -0.3 is 15.2 Å². The maximum atomic E-state index is 12.4.